The van der Waals surface area contributed by atoms with E-state index in [-0.39, 0.29) is 12.4 Å². The lowest BCUT2D eigenvalue weighted by molar-refractivity contribution is 0.301. The number of aromatic nitrogens is 1. The quantitative estimate of drug-likeness (QED) is 0.486. The van der Waals surface area contributed by atoms with Gasteiger partial charge in [0.2, 0.25) is 0 Å². The van der Waals surface area contributed by atoms with E-state index >= 15 is 0 Å². The van der Waals surface area contributed by atoms with E-state index in [4.69, 9.17) is 16.2 Å². The molecule has 0 radical (unpaired) electrons. The number of nitrogen functional groups attached to an aromatic ring is 1. The third kappa shape index (κ3) is 4.03. The highest BCUT2D eigenvalue weighted by atomic mass is 16.3. The van der Waals surface area contributed by atoms with Gasteiger partial charge in [0.1, 0.15) is 17.3 Å². The van der Waals surface area contributed by atoms with E-state index in [0.717, 1.165) is 25.2 Å². The van der Waals surface area contributed by atoms with E-state index in [0.29, 0.717) is 12.2 Å². The molecule has 0 aliphatic rings. The summed E-state index contributed by atoms with van der Waals surface area (Å²) in [6.07, 6.45) is 2.14. The molecular formula is C12H20N4O. The zero-order valence-corrected chi connectivity index (χ0v) is 10.2. The number of hydrogen-bond acceptors (Lipinski definition) is 4. The minimum absolute atomic E-state index is 0.0358. The van der Waals surface area contributed by atoms with Crippen LogP contribution in [0, 0.1) is 5.41 Å². The van der Waals surface area contributed by atoms with Crippen LogP contribution in [0.15, 0.2) is 18.2 Å². The zero-order valence-electron chi connectivity index (χ0n) is 10.2. The minimum atomic E-state index is -0.0358. The second-order valence-electron chi connectivity index (χ2n) is 3.86. The van der Waals surface area contributed by atoms with Crippen molar-refractivity contribution in [3.05, 3.63) is 23.9 Å². The van der Waals surface area contributed by atoms with Crippen molar-refractivity contribution in [1.82, 2.24) is 4.98 Å². The number of aliphatic hydroxyl groups is 1. The highest BCUT2D eigenvalue weighted by Crippen LogP contribution is 2.12. The van der Waals surface area contributed by atoms with E-state index in [1.54, 1.807) is 6.07 Å². The topological polar surface area (TPSA) is 86.2 Å². The van der Waals surface area contributed by atoms with Gasteiger partial charge in [0, 0.05) is 13.1 Å². The van der Waals surface area contributed by atoms with Crippen molar-refractivity contribution in [2.24, 2.45) is 5.73 Å². The lowest BCUT2D eigenvalue weighted by Crippen LogP contribution is -2.29. The highest BCUT2D eigenvalue weighted by Gasteiger charge is 2.08. The van der Waals surface area contributed by atoms with Gasteiger partial charge in [0.15, 0.2) is 0 Å². The van der Waals surface area contributed by atoms with Crippen molar-refractivity contribution in [1.29, 1.82) is 5.41 Å². The van der Waals surface area contributed by atoms with Crippen molar-refractivity contribution in [3.8, 4) is 0 Å². The van der Waals surface area contributed by atoms with Crippen LogP contribution in [-0.4, -0.2) is 35.6 Å². The molecule has 5 heteroatoms. The second-order valence-corrected chi connectivity index (χ2v) is 3.86. The summed E-state index contributed by atoms with van der Waals surface area (Å²) >= 11 is 0. The first-order valence-electron chi connectivity index (χ1n) is 5.86. The van der Waals surface area contributed by atoms with Crippen molar-refractivity contribution >= 4 is 11.7 Å². The Bertz CT molecular complexity index is 367. The smallest absolute Gasteiger partial charge is 0.141 e. The molecule has 1 heterocycles. The molecule has 0 aliphatic carbocycles. The van der Waals surface area contributed by atoms with Crippen LogP contribution in [0.3, 0.4) is 0 Å². The third-order valence-electron chi connectivity index (χ3n) is 2.49. The standard InChI is InChI=1S/C12H20N4O/c1-2-3-7-16(8-9-17)11-6-4-5-10(15-11)12(13)14/h4-6,17H,2-3,7-9H2,1H3,(H3,13,14). The van der Waals surface area contributed by atoms with Gasteiger partial charge in [-0.3, -0.25) is 5.41 Å². The third-order valence-corrected chi connectivity index (χ3v) is 2.49. The maximum absolute atomic E-state index is 9.04. The number of amidine groups is 1. The molecule has 94 valence electrons. The highest BCUT2D eigenvalue weighted by molar-refractivity contribution is 5.93. The van der Waals surface area contributed by atoms with Crippen LogP contribution in [0.4, 0.5) is 5.82 Å². The van der Waals surface area contributed by atoms with Crippen molar-refractivity contribution < 1.29 is 5.11 Å². The van der Waals surface area contributed by atoms with Crippen LogP contribution >= 0.6 is 0 Å². The van der Waals surface area contributed by atoms with Gasteiger partial charge in [-0.1, -0.05) is 19.4 Å². The summed E-state index contributed by atoms with van der Waals surface area (Å²) in [5, 5.41) is 16.4. The number of pyridine rings is 1. The Morgan fingerprint density at radius 3 is 2.82 bits per heavy atom. The summed E-state index contributed by atoms with van der Waals surface area (Å²) in [5.74, 6) is 0.728. The Morgan fingerprint density at radius 2 is 2.24 bits per heavy atom. The largest absolute Gasteiger partial charge is 0.395 e. The first-order chi connectivity index (χ1) is 8.19. The molecule has 5 nitrogen and oxygen atoms in total. The van der Waals surface area contributed by atoms with Gasteiger partial charge >= 0.3 is 0 Å². The molecule has 0 fully saturated rings. The van der Waals surface area contributed by atoms with Crippen molar-refractivity contribution in [2.75, 3.05) is 24.6 Å². The molecule has 1 aromatic heterocycles. The first-order valence-corrected chi connectivity index (χ1v) is 5.86. The Morgan fingerprint density at radius 1 is 1.47 bits per heavy atom. The summed E-state index contributed by atoms with van der Waals surface area (Å²) in [7, 11) is 0. The number of hydrogen-bond donors (Lipinski definition) is 3. The molecule has 1 rings (SSSR count). The molecule has 0 saturated heterocycles. The van der Waals surface area contributed by atoms with Gasteiger partial charge in [0.25, 0.3) is 0 Å². The molecule has 0 spiro atoms. The summed E-state index contributed by atoms with van der Waals surface area (Å²) in [6, 6.07) is 5.41. The predicted octanol–water partition coefficient (Wildman–Crippen LogP) is 0.964. The molecule has 4 N–H and O–H groups in total. The van der Waals surface area contributed by atoms with Crippen LogP contribution < -0.4 is 10.6 Å². The summed E-state index contributed by atoms with van der Waals surface area (Å²) in [5.41, 5.74) is 5.88. The number of unbranched alkanes of at least 4 members (excludes halogenated alkanes) is 1. The van der Waals surface area contributed by atoms with Gasteiger partial charge in [-0.05, 0) is 18.6 Å². The SMILES string of the molecule is CCCCN(CCO)c1cccc(C(=N)N)n1. The van der Waals surface area contributed by atoms with Gasteiger partial charge in [-0.25, -0.2) is 4.98 Å². The Kier molecular flexibility index (Phi) is 5.42. The lowest BCUT2D eigenvalue weighted by atomic mass is 10.3. The average Bonchev–Trinajstić information content (AvgIpc) is 2.34. The molecule has 0 amide bonds. The van der Waals surface area contributed by atoms with Crippen LogP contribution in [0.2, 0.25) is 0 Å². The summed E-state index contributed by atoms with van der Waals surface area (Å²) in [4.78, 5) is 6.32. The fourth-order valence-corrected chi connectivity index (χ4v) is 1.56. The normalized spacial score (nSPS) is 10.2. The van der Waals surface area contributed by atoms with E-state index in [2.05, 4.69) is 11.9 Å². The van der Waals surface area contributed by atoms with Gasteiger partial charge < -0.3 is 15.7 Å². The van der Waals surface area contributed by atoms with E-state index in [1.807, 2.05) is 17.0 Å². The van der Waals surface area contributed by atoms with Gasteiger partial charge in [0.05, 0.1) is 6.61 Å². The van der Waals surface area contributed by atoms with Crippen LogP contribution in [-0.2, 0) is 0 Å². The molecule has 0 saturated carbocycles. The number of anilines is 1. The summed E-state index contributed by atoms with van der Waals surface area (Å²) < 4.78 is 0. The number of aliphatic hydroxyl groups excluding tert-OH is 1. The molecular weight excluding hydrogens is 216 g/mol. The Hall–Kier alpha value is -1.62. The Balaban J connectivity index is 2.84. The lowest BCUT2D eigenvalue weighted by Gasteiger charge is -2.22. The van der Waals surface area contributed by atoms with Crippen molar-refractivity contribution in [3.63, 3.8) is 0 Å². The number of nitrogens with two attached hydrogens (primary N) is 1. The second kappa shape index (κ2) is 6.85. The van der Waals surface area contributed by atoms with Crippen LogP contribution in [0.25, 0.3) is 0 Å². The number of nitrogens with zero attached hydrogens (tertiary/aromatic N) is 2. The Labute approximate surface area is 102 Å². The fourth-order valence-electron chi connectivity index (χ4n) is 1.56. The molecule has 0 unspecified atom stereocenters. The number of rotatable bonds is 7. The van der Waals surface area contributed by atoms with Gasteiger partial charge in [-0.15, -0.1) is 0 Å². The summed E-state index contributed by atoms with van der Waals surface area (Å²) in [6.45, 7) is 3.62. The maximum atomic E-state index is 9.04. The van der Waals surface area contributed by atoms with E-state index in [9.17, 15) is 0 Å². The van der Waals surface area contributed by atoms with Crippen LogP contribution in [0.5, 0.6) is 0 Å². The predicted molar refractivity (Wildman–Crippen MR) is 69.5 cm³/mol. The van der Waals surface area contributed by atoms with Crippen LogP contribution in [0.1, 0.15) is 25.5 Å². The first kappa shape index (κ1) is 13.4. The van der Waals surface area contributed by atoms with E-state index in [1.165, 1.54) is 0 Å². The minimum Gasteiger partial charge on any atom is -0.395 e. The monoisotopic (exact) mass is 236 g/mol. The zero-order chi connectivity index (χ0) is 12.7. The number of nitrogens with one attached hydrogen (secondary N) is 1. The van der Waals surface area contributed by atoms with Crippen molar-refractivity contribution in [2.45, 2.75) is 19.8 Å². The fraction of sp³-hybridized carbons (Fsp3) is 0.500. The average molecular weight is 236 g/mol. The molecule has 17 heavy (non-hydrogen) atoms. The molecule has 0 aromatic carbocycles. The maximum Gasteiger partial charge on any atom is 0.141 e. The van der Waals surface area contributed by atoms with Gasteiger partial charge in [-0.2, -0.15) is 0 Å². The molecule has 0 atom stereocenters. The van der Waals surface area contributed by atoms with E-state index < -0.39 is 0 Å². The molecule has 0 aliphatic heterocycles. The molecule has 0 bridgehead atoms. The molecule has 1 aromatic rings.